The van der Waals surface area contributed by atoms with Gasteiger partial charge in [-0.15, -0.1) is 13.2 Å². The lowest BCUT2D eigenvalue weighted by atomic mass is 10.3. The van der Waals surface area contributed by atoms with E-state index in [1.54, 1.807) is 4.90 Å². The van der Waals surface area contributed by atoms with Crippen LogP contribution in [0.2, 0.25) is 0 Å². The maximum absolute atomic E-state index is 12.1. The first-order valence-electron chi connectivity index (χ1n) is 6.42. The number of halogens is 4. The zero-order valence-corrected chi connectivity index (χ0v) is 12.6. The van der Waals surface area contributed by atoms with E-state index in [-0.39, 0.29) is 22.7 Å². The Morgan fingerprint density at radius 3 is 2.57 bits per heavy atom. The van der Waals surface area contributed by atoms with Crippen LogP contribution in [0.25, 0.3) is 0 Å². The fraction of sp³-hybridized carbons (Fsp3) is 0.462. The van der Waals surface area contributed by atoms with Crippen LogP contribution in [0.5, 0.6) is 5.75 Å². The van der Waals surface area contributed by atoms with Crippen LogP contribution in [-0.4, -0.2) is 36.8 Å². The Bertz CT molecular complexity index is 517. The molecule has 1 fully saturated rings. The van der Waals surface area contributed by atoms with Gasteiger partial charge in [0.2, 0.25) is 5.91 Å². The summed E-state index contributed by atoms with van der Waals surface area (Å²) in [5, 5.41) is 2.89. The van der Waals surface area contributed by atoms with E-state index in [0.29, 0.717) is 5.69 Å². The van der Waals surface area contributed by atoms with Gasteiger partial charge in [-0.1, -0.05) is 0 Å². The maximum atomic E-state index is 12.1. The molecule has 0 radical (unpaired) electrons. The number of amides is 1. The lowest BCUT2D eigenvalue weighted by Gasteiger charge is -2.16. The maximum Gasteiger partial charge on any atom is 0.573 e. The molecule has 1 amide bonds. The fourth-order valence-corrected chi connectivity index (χ4v) is 2.53. The van der Waals surface area contributed by atoms with E-state index in [2.05, 4.69) is 26.0 Å². The van der Waals surface area contributed by atoms with Crippen LogP contribution in [0.3, 0.4) is 0 Å². The number of hydrogen-bond acceptors (Lipinski definition) is 3. The van der Waals surface area contributed by atoms with Crippen molar-refractivity contribution in [3.8, 4) is 5.75 Å². The molecule has 116 valence electrons. The monoisotopic (exact) mass is 366 g/mol. The predicted octanol–water partition coefficient (Wildman–Crippen LogP) is 3.38. The van der Waals surface area contributed by atoms with Crippen LogP contribution in [0.4, 0.5) is 18.9 Å². The van der Waals surface area contributed by atoms with Gasteiger partial charge in [0.1, 0.15) is 5.75 Å². The Hall–Kier alpha value is -1.44. The molecule has 8 heteroatoms. The number of carbonyl (C=O) groups excluding carboxylic acids is 1. The molecule has 0 aliphatic carbocycles. The van der Waals surface area contributed by atoms with Gasteiger partial charge in [-0.2, -0.15) is 0 Å². The van der Waals surface area contributed by atoms with Crippen LogP contribution in [0.1, 0.15) is 12.8 Å². The molecule has 0 saturated carbocycles. The molecule has 0 unspecified atom stereocenters. The van der Waals surface area contributed by atoms with E-state index in [9.17, 15) is 18.0 Å². The van der Waals surface area contributed by atoms with E-state index in [4.69, 9.17) is 0 Å². The molecule has 1 saturated heterocycles. The molecule has 1 N–H and O–H groups in total. The summed E-state index contributed by atoms with van der Waals surface area (Å²) in [6.45, 7) is 1.65. The number of nitrogens with one attached hydrogen (secondary N) is 1. The minimum atomic E-state index is -4.73. The van der Waals surface area contributed by atoms with Crippen molar-refractivity contribution < 1.29 is 22.7 Å². The molecular formula is C13H14BrF3N2O2. The SMILES string of the molecule is O=C(CNc1ccc(OC(F)(F)F)c(Br)c1)N1CCCC1. The molecule has 0 spiro atoms. The van der Waals surface area contributed by atoms with Gasteiger partial charge in [-0.25, -0.2) is 0 Å². The third kappa shape index (κ3) is 4.80. The summed E-state index contributed by atoms with van der Waals surface area (Å²) < 4.78 is 40.4. The summed E-state index contributed by atoms with van der Waals surface area (Å²) in [6.07, 6.45) is -2.70. The number of hydrogen-bond donors (Lipinski definition) is 1. The van der Waals surface area contributed by atoms with Crippen LogP contribution in [0.15, 0.2) is 22.7 Å². The largest absolute Gasteiger partial charge is 0.573 e. The lowest BCUT2D eigenvalue weighted by molar-refractivity contribution is -0.274. The predicted molar refractivity (Wildman–Crippen MR) is 75.1 cm³/mol. The van der Waals surface area contributed by atoms with Crippen molar-refractivity contribution in [3.05, 3.63) is 22.7 Å². The molecule has 2 rings (SSSR count). The first-order chi connectivity index (χ1) is 9.85. The topological polar surface area (TPSA) is 41.6 Å². The molecule has 1 aromatic carbocycles. The number of anilines is 1. The normalized spacial score (nSPS) is 15.1. The Morgan fingerprint density at radius 1 is 1.33 bits per heavy atom. The Kier molecular flexibility index (Phi) is 4.97. The average Bonchev–Trinajstić information content (AvgIpc) is 2.91. The molecule has 1 aliphatic rings. The summed E-state index contributed by atoms with van der Waals surface area (Å²) in [7, 11) is 0. The molecule has 1 aliphatic heterocycles. The van der Waals surface area contributed by atoms with E-state index in [1.807, 2.05) is 0 Å². The Morgan fingerprint density at radius 2 is 2.00 bits per heavy atom. The standard InChI is InChI=1S/C13H14BrF3N2O2/c14-10-7-9(3-4-11(10)21-13(15,16)17)18-8-12(20)19-5-1-2-6-19/h3-4,7,18H,1-2,5-6,8H2. The van der Waals surface area contributed by atoms with Gasteiger partial charge >= 0.3 is 6.36 Å². The zero-order chi connectivity index (χ0) is 15.5. The van der Waals surface area contributed by atoms with Crippen LogP contribution in [-0.2, 0) is 4.79 Å². The summed E-state index contributed by atoms with van der Waals surface area (Å²) in [4.78, 5) is 13.6. The number of likely N-dealkylation sites (tertiary alicyclic amines) is 1. The number of nitrogens with zero attached hydrogens (tertiary/aromatic N) is 1. The molecule has 0 aromatic heterocycles. The van der Waals surface area contributed by atoms with Gasteiger partial charge in [-0.05, 0) is 47.0 Å². The second-order valence-corrected chi connectivity index (χ2v) is 5.49. The van der Waals surface area contributed by atoms with Crippen molar-refractivity contribution in [3.63, 3.8) is 0 Å². The molecule has 21 heavy (non-hydrogen) atoms. The molecule has 4 nitrogen and oxygen atoms in total. The minimum absolute atomic E-state index is 0.0146. The third-order valence-corrected chi connectivity index (χ3v) is 3.68. The van der Waals surface area contributed by atoms with Gasteiger partial charge in [0.05, 0.1) is 11.0 Å². The number of alkyl halides is 3. The van der Waals surface area contributed by atoms with Gasteiger partial charge in [-0.3, -0.25) is 4.79 Å². The highest BCUT2D eigenvalue weighted by molar-refractivity contribution is 9.10. The average molecular weight is 367 g/mol. The number of ether oxygens (including phenoxy) is 1. The van der Waals surface area contributed by atoms with E-state index in [1.165, 1.54) is 18.2 Å². The highest BCUT2D eigenvalue weighted by atomic mass is 79.9. The second-order valence-electron chi connectivity index (χ2n) is 4.63. The van der Waals surface area contributed by atoms with Crippen molar-refractivity contribution in [2.24, 2.45) is 0 Å². The summed E-state index contributed by atoms with van der Waals surface area (Å²) in [6, 6.07) is 4.07. The highest BCUT2D eigenvalue weighted by Gasteiger charge is 2.31. The second kappa shape index (κ2) is 6.55. The van der Waals surface area contributed by atoms with E-state index >= 15 is 0 Å². The van der Waals surface area contributed by atoms with Crippen molar-refractivity contribution in [2.45, 2.75) is 19.2 Å². The number of benzene rings is 1. The molecule has 1 aromatic rings. The molecule has 0 atom stereocenters. The molecular weight excluding hydrogens is 353 g/mol. The lowest BCUT2D eigenvalue weighted by Crippen LogP contribution is -2.32. The van der Waals surface area contributed by atoms with Gasteiger partial charge in [0, 0.05) is 18.8 Å². The van der Waals surface area contributed by atoms with Crippen LogP contribution < -0.4 is 10.1 Å². The van der Waals surface area contributed by atoms with E-state index in [0.717, 1.165) is 25.9 Å². The number of rotatable bonds is 4. The number of carbonyl (C=O) groups is 1. The van der Waals surface area contributed by atoms with Crippen molar-refractivity contribution in [1.29, 1.82) is 0 Å². The Labute approximate surface area is 128 Å². The molecule has 0 bridgehead atoms. The summed E-state index contributed by atoms with van der Waals surface area (Å²) >= 11 is 3.01. The third-order valence-electron chi connectivity index (χ3n) is 3.06. The fourth-order valence-electron chi connectivity index (χ4n) is 2.07. The van der Waals surface area contributed by atoms with Crippen LogP contribution in [0, 0.1) is 0 Å². The minimum Gasteiger partial charge on any atom is -0.405 e. The summed E-state index contributed by atoms with van der Waals surface area (Å²) in [5.74, 6) is -0.335. The smallest absolute Gasteiger partial charge is 0.405 e. The first-order valence-corrected chi connectivity index (χ1v) is 7.21. The Balaban J connectivity index is 1.92. The quantitative estimate of drug-likeness (QED) is 0.887. The van der Waals surface area contributed by atoms with E-state index < -0.39 is 6.36 Å². The molecule has 1 heterocycles. The summed E-state index contributed by atoms with van der Waals surface area (Å²) in [5.41, 5.74) is 0.545. The highest BCUT2D eigenvalue weighted by Crippen LogP contribution is 2.32. The van der Waals surface area contributed by atoms with Gasteiger partial charge in [0.15, 0.2) is 0 Å². The van der Waals surface area contributed by atoms with Gasteiger partial charge < -0.3 is 15.0 Å². The zero-order valence-electron chi connectivity index (χ0n) is 11.0. The first kappa shape index (κ1) is 15.9. The van der Waals surface area contributed by atoms with Gasteiger partial charge in [0.25, 0.3) is 0 Å². The van der Waals surface area contributed by atoms with Crippen molar-refractivity contribution in [2.75, 3.05) is 25.0 Å². The van der Waals surface area contributed by atoms with Crippen molar-refractivity contribution in [1.82, 2.24) is 4.90 Å². The van der Waals surface area contributed by atoms with Crippen LogP contribution >= 0.6 is 15.9 Å². The van der Waals surface area contributed by atoms with Crippen molar-refractivity contribution >= 4 is 27.5 Å².